The predicted octanol–water partition coefficient (Wildman–Crippen LogP) is 4.68. The zero-order chi connectivity index (χ0) is 20.3. The number of thiocarbonyl (C=S) groups is 1. The van der Waals surface area contributed by atoms with Gasteiger partial charge in [0.2, 0.25) is 5.75 Å². The van der Waals surface area contributed by atoms with E-state index in [1.165, 1.54) is 17.3 Å². The normalized spacial score (nSPS) is 15.3. The number of benzene rings is 2. The molecular weight excluding hydrogens is 394 g/mol. The van der Waals surface area contributed by atoms with E-state index < -0.39 is 0 Å². The average Bonchev–Trinajstić information content (AvgIpc) is 3.00. The van der Waals surface area contributed by atoms with Gasteiger partial charge in [0.05, 0.1) is 31.9 Å². The molecule has 7 heteroatoms. The minimum absolute atomic E-state index is 0.156. The molecule has 28 heavy (non-hydrogen) atoms. The number of aryl methyl sites for hydroxylation is 1. The molecule has 146 valence electrons. The van der Waals surface area contributed by atoms with Crippen LogP contribution in [-0.2, 0) is 11.2 Å². The van der Waals surface area contributed by atoms with Crippen LogP contribution in [0.25, 0.3) is 6.08 Å². The first kappa shape index (κ1) is 20.2. The molecule has 1 heterocycles. The van der Waals surface area contributed by atoms with E-state index in [0.717, 1.165) is 12.1 Å². The summed E-state index contributed by atoms with van der Waals surface area (Å²) in [6, 6.07) is 11.5. The van der Waals surface area contributed by atoms with E-state index in [2.05, 4.69) is 6.92 Å². The maximum atomic E-state index is 13.0. The van der Waals surface area contributed by atoms with Gasteiger partial charge in [-0.2, -0.15) is 0 Å². The lowest BCUT2D eigenvalue weighted by atomic mass is 10.1. The molecule has 0 N–H and O–H groups in total. The first-order valence-corrected chi connectivity index (χ1v) is 9.92. The number of rotatable bonds is 6. The quantitative estimate of drug-likeness (QED) is 0.504. The van der Waals surface area contributed by atoms with Crippen LogP contribution in [0.4, 0.5) is 5.69 Å². The second kappa shape index (κ2) is 8.67. The van der Waals surface area contributed by atoms with E-state index in [9.17, 15) is 4.79 Å². The Balaban J connectivity index is 1.97. The van der Waals surface area contributed by atoms with Crippen molar-refractivity contribution in [2.24, 2.45) is 0 Å². The molecule has 5 nitrogen and oxygen atoms in total. The average molecular weight is 416 g/mol. The highest BCUT2D eigenvalue weighted by Gasteiger charge is 2.33. The Labute approximate surface area is 174 Å². The first-order valence-electron chi connectivity index (χ1n) is 8.69. The summed E-state index contributed by atoms with van der Waals surface area (Å²) < 4.78 is 16.7. The molecule has 2 aromatic carbocycles. The lowest BCUT2D eigenvalue weighted by molar-refractivity contribution is -0.113. The van der Waals surface area contributed by atoms with Gasteiger partial charge in [-0.1, -0.05) is 43.0 Å². The van der Waals surface area contributed by atoms with Gasteiger partial charge in [-0.05, 0) is 42.3 Å². The fourth-order valence-corrected chi connectivity index (χ4v) is 4.24. The smallest absolute Gasteiger partial charge is 0.270 e. The van der Waals surface area contributed by atoms with Crippen molar-refractivity contribution in [2.75, 3.05) is 26.2 Å². The van der Waals surface area contributed by atoms with Crippen LogP contribution in [0.3, 0.4) is 0 Å². The molecule has 3 rings (SSSR count). The summed E-state index contributed by atoms with van der Waals surface area (Å²) in [5.41, 5.74) is 2.68. The van der Waals surface area contributed by atoms with Crippen LogP contribution in [0.15, 0.2) is 41.3 Å². The molecule has 1 aliphatic rings. The highest BCUT2D eigenvalue weighted by molar-refractivity contribution is 8.27. The van der Waals surface area contributed by atoms with Gasteiger partial charge in [0, 0.05) is 5.56 Å². The lowest BCUT2D eigenvalue weighted by Gasteiger charge is -2.15. The fraction of sp³-hybridized carbons (Fsp3) is 0.238. The molecule has 0 saturated carbocycles. The van der Waals surface area contributed by atoms with Crippen LogP contribution in [0.5, 0.6) is 17.2 Å². The highest BCUT2D eigenvalue weighted by atomic mass is 32.2. The summed E-state index contributed by atoms with van der Waals surface area (Å²) in [4.78, 5) is 15.1. The Morgan fingerprint density at radius 3 is 2.25 bits per heavy atom. The lowest BCUT2D eigenvalue weighted by Crippen LogP contribution is -2.27. The molecule has 0 aliphatic carbocycles. The maximum Gasteiger partial charge on any atom is 0.270 e. The van der Waals surface area contributed by atoms with E-state index in [0.29, 0.717) is 32.0 Å². The third-order valence-electron chi connectivity index (χ3n) is 4.42. The molecule has 0 unspecified atom stereocenters. The number of carbonyl (C=O) groups excluding carboxylic acids is 1. The molecule has 2 aromatic rings. The molecule has 0 aromatic heterocycles. The fourth-order valence-electron chi connectivity index (χ4n) is 2.95. The highest BCUT2D eigenvalue weighted by Crippen LogP contribution is 2.43. The predicted molar refractivity (Wildman–Crippen MR) is 118 cm³/mol. The third kappa shape index (κ3) is 3.72. The number of hydrogen-bond donors (Lipinski definition) is 0. The third-order valence-corrected chi connectivity index (χ3v) is 5.72. The van der Waals surface area contributed by atoms with Crippen LogP contribution >= 0.6 is 24.0 Å². The topological polar surface area (TPSA) is 48.0 Å². The van der Waals surface area contributed by atoms with Crippen molar-refractivity contribution in [3.63, 3.8) is 0 Å². The van der Waals surface area contributed by atoms with Crippen LogP contribution < -0.4 is 19.1 Å². The Hall–Kier alpha value is -2.51. The van der Waals surface area contributed by atoms with Gasteiger partial charge in [-0.15, -0.1) is 0 Å². The Morgan fingerprint density at radius 2 is 1.68 bits per heavy atom. The molecule has 0 atom stereocenters. The molecule has 0 bridgehead atoms. The van der Waals surface area contributed by atoms with E-state index in [4.69, 9.17) is 26.4 Å². The largest absolute Gasteiger partial charge is 0.493 e. The molecule has 1 fully saturated rings. The number of hydrogen-bond acceptors (Lipinski definition) is 6. The summed E-state index contributed by atoms with van der Waals surface area (Å²) >= 11 is 6.72. The SMILES string of the molecule is CCc1ccc(N2C(=O)/C(=C/c3ccc(OC)c(OC)c3OC)SC2=S)cc1. The number of methoxy groups -OCH3 is 3. The van der Waals surface area contributed by atoms with Gasteiger partial charge in [-0.3, -0.25) is 9.69 Å². The van der Waals surface area contributed by atoms with Crippen molar-refractivity contribution < 1.29 is 19.0 Å². The minimum Gasteiger partial charge on any atom is -0.493 e. The summed E-state index contributed by atoms with van der Waals surface area (Å²) in [6.07, 6.45) is 2.71. The number of thioether (sulfide) groups is 1. The van der Waals surface area contributed by atoms with Crippen LogP contribution in [0, 0.1) is 0 Å². The first-order chi connectivity index (χ1) is 13.5. The minimum atomic E-state index is -0.156. The molecule has 0 radical (unpaired) electrons. The van der Waals surface area contributed by atoms with Crippen molar-refractivity contribution in [1.82, 2.24) is 0 Å². The van der Waals surface area contributed by atoms with Gasteiger partial charge in [-0.25, -0.2) is 0 Å². The van der Waals surface area contributed by atoms with E-state index in [1.807, 2.05) is 30.3 Å². The van der Waals surface area contributed by atoms with E-state index in [-0.39, 0.29) is 5.91 Å². The van der Waals surface area contributed by atoms with Gasteiger partial charge in [0.1, 0.15) is 0 Å². The number of nitrogens with zero attached hydrogens (tertiary/aromatic N) is 1. The van der Waals surface area contributed by atoms with Crippen molar-refractivity contribution >= 4 is 46.0 Å². The van der Waals surface area contributed by atoms with Crippen LogP contribution in [-0.4, -0.2) is 31.6 Å². The molecule has 1 saturated heterocycles. The number of ether oxygens (including phenoxy) is 3. The number of carbonyl (C=O) groups is 1. The van der Waals surface area contributed by atoms with Crippen molar-refractivity contribution in [2.45, 2.75) is 13.3 Å². The molecule has 0 spiro atoms. The Morgan fingerprint density at radius 1 is 1.00 bits per heavy atom. The summed E-state index contributed by atoms with van der Waals surface area (Å²) in [6.45, 7) is 2.09. The standard InChI is InChI=1S/C21H21NO4S2/c1-5-13-6-9-15(10-7-13)22-20(23)17(28-21(22)27)12-14-8-11-16(24-2)19(26-4)18(14)25-3/h6-12H,5H2,1-4H3/b17-12-. The summed E-state index contributed by atoms with van der Waals surface area (Å²) in [7, 11) is 4.66. The number of anilines is 1. The second-order valence-electron chi connectivity index (χ2n) is 5.96. The van der Waals surface area contributed by atoms with Gasteiger partial charge < -0.3 is 14.2 Å². The van der Waals surface area contributed by atoms with E-state index >= 15 is 0 Å². The van der Waals surface area contributed by atoms with E-state index in [1.54, 1.807) is 38.4 Å². The van der Waals surface area contributed by atoms with Crippen LogP contribution in [0.1, 0.15) is 18.1 Å². The second-order valence-corrected chi connectivity index (χ2v) is 7.64. The molecule has 1 aliphatic heterocycles. The van der Waals surface area contributed by atoms with Crippen LogP contribution in [0.2, 0.25) is 0 Å². The number of amides is 1. The molecular formula is C21H21NO4S2. The van der Waals surface area contributed by atoms with Gasteiger partial charge >= 0.3 is 0 Å². The van der Waals surface area contributed by atoms with Crippen molar-refractivity contribution in [3.8, 4) is 17.2 Å². The summed E-state index contributed by atoms with van der Waals surface area (Å²) in [5, 5.41) is 0. The zero-order valence-electron chi connectivity index (χ0n) is 16.1. The van der Waals surface area contributed by atoms with Gasteiger partial charge in [0.25, 0.3) is 5.91 Å². The maximum absolute atomic E-state index is 13.0. The molecule has 1 amide bonds. The zero-order valence-corrected chi connectivity index (χ0v) is 17.8. The Kier molecular flexibility index (Phi) is 6.26. The van der Waals surface area contributed by atoms with Gasteiger partial charge in [0.15, 0.2) is 15.8 Å². The monoisotopic (exact) mass is 415 g/mol. The van der Waals surface area contributed by atoms with Crippen molar-refractivity contribution in [3.05, 3.63) is 52.4 Å². The summed E-state index contributed by atoms with van der Waals surface area (Å²) in [5.74, 6) is 1.37. The Bertz CT molecular complexity index is 938. The van der Waals surface area contributed by atoms with Crippen molar-refractivity contribution in [1.29, 1.82) is 0 Å².